The van der Waals surface area contributed by atoms with E-state index in [-0.39, 0.29) is 11.3 Å². The van der Waals surface area contributed by atoms with Crippen LogP contribution < -0.4 is 4.72 Å². The van der Waals surface area contributed by atoms with Gasteiger partial charge in [0.05, 0.1) is 17.6 Å². The molecule has 3 rings (SSSR count). The summed E-state index contributed by atoms with van der Waals surface area (Å²) >= 11 is 0. The van der Waals surface area contributed by atoms with E-state index in [0.717, 1.165) is 25.8 Å². The van der Waals surface area contributed by atoms with E-state index in [1.807, 2.05) is 6.34 Å². The molecule has 5 nitrogen and oxygen atoms in total. The van der Waals surface area contributed by atoms with E-state index in [9.17, 15) is 8.42 Å². The molecular formula is C12H19N3O2S. The molecule has 0 aromatic carbocycles. The number of sulfonamides is 1. The molecule has 1 aliphatic carbocycles. The van der Waals surface area contributed by atoms with Crippen LogP contribution in [-0.4, -0.2) is 44.0 Å². The lowest BCUT2D eigenvalue weighted by atomic mass is 10.1. The number of hydrogen-bond donors (Lipinski definition) is 1. The second-order valence-electron chi connectivity index (χ2n) is 5.48. The van der Waals surface area contributed by atoms with Gasteiger partial charge in [-0.3, -0.25) is 4.99 Å². The molecule has 1 N–H and O–H groups in total. The molecule has 2 heterocycles. The van der Waals surface area contributed by atoms with Gasteiger partial charge in [0.1, 0.15) is 0 Å². The average molecular weight is 269 g/mol. The molecule has 2 fully saturated rings. The number of hydrogen-bond acceptors (Lipinski definition) is 4. The van der Waals surface area contributed by atoms with Crippen LogP contribution in [0.2, 0.25) is 0 Å². The Morgan fingerprint density at radius 3 is 3.00 bits per heavy atom. The first-order valence-corrected chi connectivity index (χ1v) is 8.08. The topological polar surface area (TPSA) is 61.8 Å². The van der Waals surface area contributed by atoms with E-state index in [1.54, 1.807) is 0 Å². The highest BCUT2D eigenvalue weighted by Crippen LogP contribution is 2.30. The Morgan fingerprint density at radius 2 is 2.28 bits per heavy atom. The monoisotopic (exact) mass is 269 g/mol. The van der Waals surface area contributed by atoms with Gasteiger partial charge in [-0.1, -0.05) is 0 Å². The molecule has 0 unspecified atom stereocenters. The van der Waals surface area contributed by atoms with Gasteiger partial charge in [0, 0.05) is 18.8 Å². The fourth-order valence-electron chi connectivity index (χ4n) is 2.53. The molecule has 1 saturated carbocycles. The van der Waals surface area contributed by atoms with Gasteiger partial charge in [-0.2, -0.15) is 0 Å². The van der Waals surface area contributed by atoms with Gasteiger partial charge >= 0.3 is 0 Å². The first kappa shape index (κ1) is 12.2. The average Bonchev–Trinajstić information content (AvgIpc) is 3.09. The molecule has 2 atom stereocenters. The minimum absolute atomic E-state index is 0.123. The van der Waals surface area contributed by atoms with Gasteiger partial charge < -0.3 is 4.90 Å². The maximum absolute atomic E-state index is 11.8. The second-order valence-corrected chi connectivity index (χ2v) is 7.52. The highest BCUT2D eigenvalue weighted by Gasteiger charge is 2.36. The van der Waals surface area contributed by atoms with Crippen LogP contribution in [0.5, 0.6) is 0 Å². The second kappa shape index (κ2) is 4.35. The van der Waals surface area contributed by atoms with Crippen molar-refractivity contribution in [3.8, 4) is 0 Å². The molecule has 0 bridgehead atoms. The van der Waals surface area contributed by atoms with Crippen LogP contribution >= 0.6 is 0 Å². The van der Waals surface area contributed by atoms with Crippen LogP contribution in [0.15, 0.2) is 16.8 Å². The maximum atomic E-state index is 11.8. The standard InChI is InChI=1S/C12H19N3O2S/c1-9-4-11-5-10(7-15(11)8-13-9)6-14-18(16,17)12-2-3-12/h4,8-10,12,14H,2-3,5-7H2,1H3/t9-,10+/m0/s1. The van der Waals surface area contributed by atoms with Crippen molar-refractivity contribution >= 4 is 16.4 Å². The largest absolute Gasteiger partial charge is 0.336 e. The first-order valence-electron chi connectivity index (χ1n) is 6.54. The number of nitrogens with zero attached hydrogens (tertiary/aromatic N) is 2. The van der Waals surface area contributed by atoms with Crippen molar-refractivity contribution in [1.29, 1.82) is 0 Å². The Morgan fingerprint density at radius 1 is 1.50 bits per heavy atom. The van der Waals surface area contributed by atoms with Crippen molar-refractivity contribution in [1.82, 2.24) is 9.62 Å². The summed E-state index contributed by atoms with van der Waals surface area (Å²) in [7, 11) is -3.04. The summed E-state index contributed by atoms with van der Waals surface area (Å²) < 4.78 is 26.3. The van der Waals surface area contributed by atoms with E-state index < -0.39 is 10.0 Å². The Kier molecular flexibility index (Phi) is 2.94. The van der Waals surface area contributed by atoms with E-state index in [4.69, 9.17) is 0 Å². The molecule has 0 amide bonds. The van der Waals surface area contributed by atoms with Crippen molar-refractivity contribution in [2.75, 3.05) is 13.1 Å². The van der Waals surface area contributed by atoms with E-state index in [1.165, 1.54) is 5.70 Å². The third-order valence-corrected chi connectivity index (χ3v) is 5.65. The number of allylic oxidation sites excluding steroid dienone is 1. The fraction of sp³-hybridized carbons (Fsp3) is 0.750. The molecular weight excluding hydrogens is 250 g/mol. The minimum Gasteiger partial charge on any atom is -0.336 e. The summed E-state index contributed by atoms with van der Waals surface area (Å²) in [6.07, 6.45) is 6.64. The summed E-state index contributed by atoms with van der Waals surface area (Å²) in [5.41, 5.74) is 1.29. The van der Waals surface area contributed by atoms with Crippen LogP contribution in [0.25, 0.3) is 0 Å². The Labute approximate surface area is 108 Å². The molecule has 0 radical (unpaired) electrons. The summed E-state index contributed by atoms with van der Waals surface area (Å²) in [6.45, 7) is 3.48. The zero-order valence-corrected chi connectivity index (χ0v) is 11.4. The minimum atomic E-state index is -3.04. The molecule has 18 heavy (non-hydrogen) atoms. The highest BCUT2D eigenvalue weighted by atomic mass is 32.2. The van der Waals surface area contributed by atoms with Crippen molar-refractivity contribution < 1.29 is 8.42 Å². The van der Waals surface area contributed by atoms with Crippen molar-refractivity contribution in [2.24, 2.45) is 10.9 Å². The zero-order chi connectivity index (χ0) is 12.8. The molecule has 1 saturated heterocycles. The van der Waals surface area contributed by atoms with Crippen molar-refractivity contribution in [2.45, 2.75) is 37.5 Å². The van der Waals surface area contributed by atoms with Gasteiger partial charge in [0.25, 0.3) is 0 Å². The van der Waals surface area contributed by atoms with Crippen LogP contribution in [0.4, 0.5) is 0 Å². The smallest absolute Gasteiger partial charge is 0.214 e. The van der Waals surface area contributed by atoms with Crippen LogP contribution in [0, 0.1) is 5.92 Å². The summed E-state index contributed by atoms with van der Waals surface area (Å²) in [5.74, 6) is 0.363. The number of rotatable bonds is 4. The van der Waals surface area contributed by atoms with E-state index >= 15 is 0 Å². The number of fused-ring (bicyclic) bond motifs is 1. The molecule has 0 spiro atoms. The van der Waals surface area contributed by atoms with Gasteiger partial charge in [-0.25, -0.2) is 13.1 Å². The number of nitrogens with one attached hydrogen (secondary N) is 1. The number of aliphatic imine (C=N–C) groups is 1. The third kappa shape index (κ3) is 2.44. The summed E-state index contributed by atoms with van der Waals surface area (Å²) in [6, 6.07) is 0.248. The van der Waals surface area contributed by atoms with Crippen LogP contribution in [-0.2, 0) is 10.0 Å². The predicted octanol–water partition coefficient (Wildman–Crippen LogP) is 0.704. The molecule has 3 aliphatic rings. The Hall–Kier alpha value is -0.880. The van der Waals surface area contributed by atoms with E-state index in [0.29, 0.717) is 12.5 Å². The molecule has 100 valence electrons. The quantitative estimate of drug-likeness (QED) is 0.817. The van der Waals surface area contributed by atoms with E-state index in [2.05, 4.69) is 27.6 Å². The van der Waals surface area contributed by atoms with Crippen LogP contribution in [0.1, 0.15) is 26.2 Å². The van der Waals surface area contributed by atoms with Gasteiger partial charge in [0.15, 0.2) is 0 Å². The van der Waals surface area contributed by atoms with Gasteiger partial charge in [-0.15, -0.1) is 0 Å². The third-order valence-electron chi connectivity index (χ3n) is 3.73. The highest BCUT2D eigenvalue weighted by molar-refractivity contribution is 7.90. The summed E-state index contributed by atoms with van der Waals surface area (Å²) in [4.78, 5) is 6.47. The normalized spacial score (nSPS) is 31.4. The van der Waals surface area contributed by atoms with Gasteiger partial charge in [-0.05, 0) is 38.2 Å². The first-order chi connectivity index (χ1) is 8.54. The van der Waals surface area contributed by atoms with Crippen molar-refractivity contribution in [3.63, 3.8) is 0 Å². The lowest BCUT2D eigenvalue weighted by Crippen LogP contribution is -2.33. The Bertz CT molecular complexity index is 493. The fourth-order valence-corrected chi connectivity index (χ4v) is 3.99. The van der Waals surface area contributed by atoms with Crippen LogP contribution in [0.3, 0.4) is 0 Å². The molecule has 2 aliphatic heterocycles. The maximum Gasteiger partial charge on any atom is 0.214 e. The van der Waals surface area contributed by atoms with Gasteiger partial charge in [0.2, 0.25) is 10.0 Å². The lowest BCUT2D eigenvalue weighted by Gasteiger charge is -2.19. The Balaban J connectivity index is 1.57. The van der Waals surface area contributed by atoms with Crippen molar-refractivity contribution in [3.05, 3.63) is 11.8 Å². The molecule has 6 heteroatoms. The molecule has 0 aromatic rings. The zero-order valence-electron chi connectivity index (χ0n) is 10.5. The predicted molar refractivity (Wildman–Crippen MR) is 70.8 cm³/mol. The summed E-state index contributed by atoms with van der Waals surface area (Å²) in [5, 5.41) is -0.123. The molecule has 0 aromatic heterocycles. The SMILES string of the molecule is C[C@H]1C=C2C[C@H](CNS(=O)(=O)C3CC3)CN2C=N1. The lowest BCUT2D eigenvalue weighted by molar-refractivity contribution is 0.491.